The van der Waals surface area contributed by atoms with Gasteiger partial charge in [0.2, 0.25) is 5.95 Å². The monoisotopic (exact) mass is 355 g/mol. The fraction of sp³-hybridized carbons (Fsp3) is 0.130. The molecule has 4 rings (SSSR count). The van der Waals surface area contributed by atoms with Gasteiger partial charge < -0.3 is 10.4 Å². The molecule has 134 valence electrons. The summed E-state index contributed by atoms with van der Waals surface area (Å²) in [6.45, 7) is 6.14. The number of para-hydroxylation sites is 1. The van der Waals surface area contributed by atoms with Crippen molar-refractivity contribution < 1.29 is 5.11 Å². The predicted molar refractivity (Wildman–Crippen MR) is 111 cm³/mol. The minimum Gasteiger partial charge on any atom is -0.507 e. The van der Waals surface area contributed by atoms with Gasteiger partial charge in [-0.3, -0.25) is 0 Å². The predicted octanol–water partition coefficient (Wildman–Crippen LogP) is 5.67. The number of phenols is 1. The van der Waals surface area contributed by atoms with Crippen molar-refractivity contribution in [3.05, 3.63) is 77.5 Å². The molecular weight excluding hydrogens is 334 g/mol. The number of hydrogen-bond acceptors (Lipinski definition) is 4. The Morgan fingerprint density at radius 1 is 0.815 bits per heavy atom. The van der Waals surface area contributed by atoms with Gasteiger partial charge in [0.1, 0.15) is 5.75 Å². The lowest BCUT2D eigenvalue weighted by Gasteiger charge is -2.13. The molecule has 0 aliphatic heterocycles. The van der Waals surface area contributed by atoms with E-state index in [0.717, 1.165) is 38.9 Å². The number of hydrogen-bond donors (Lipinski definition) is 2. The minimum absolute atomic E-state index is 0.216. The van der Waals surface area contributed by atoms with Crippen molar-refractivity contribution in [2.45, 2.75) is 20.8 Å². The van der Waals surface area contributed by atoms with Crippen molar-refractivity contribution in [1.82, 2.24) is 9.97 Å². The van der Waals surface area contributed by atoms with E-state index in [1.54, 1.807) is 12.3 Å². The largest absolute Gasteiger partial charge is 0.507 e. The molecule has 4 aromatic rings. The van der Waals surface area contributed by atoms with Crippen LogP contribution in [0.5, 0.6) is 5.75 Å². The summed E-state index contributed by atoms with van der Waals surface area (Å²) in [5.41, 5.74) is 6.90. The fourth-order valence-electron chi connectivity index (χ4n) is 3.34. The summed E-state index contributed by atoms with van der Waals surface area (Å²) in [6, 6.07) is 17.8. The summed E-state index contributed by atoms with van der Waals surface area (Å²) in [5, 5.41) is 14.8. The number of nitrogens with one attached hydrogen (secondary N) is 1. The molecule has 0 saturated heterocycles. The number of anilines is 2. The van der Waals surface area contributed by atoms with E-state index in [4.69, 9.17) is 0 Å². The molecule has 0 amide bonds. The van der Waals surface area contributed by atoms with Crippen molar-refractivity contribution in [3.8, 4) is 16.9 Å². The lowest BCUT2D eigenvalue weighted by molar-refractivity contribution is 0.478. The molecule has 4 heteroatoms. The van der Waals surface area contributed by atoms with Gasteiger partial charge >= 0.3 is 0 Å². The van der Waals surface area contributed by atoms with Crippen LogP contribution >= 0.6 is 0 Å². The maximum absolute atomic E-state index is 10.6. The Morgan fingerprint density at radius 2 is 1.52 bits per heavy atom. The summed E-state index contributed by atoms with van der Waals surface area (Å²) < 4.78 is 0. The third-order valence-corrected chi connectivity index (χ3v) is 4.85. The van der Waals surface area contributed by atoms with Gasteiger partial charge in [-0.05, 0) is 49.1 Å². The highest BCUT2D eigenvalue weighted by atomic mass is 16.3. The number of rotatable bonds is 3. The molecule has 4 nitrogen and oxygen atoms in total. The second-order valence-corrected chi connectivity index (χ2v) is 6.83. The number of benzene rings is 3. The van der Waals surface area contributed by atoms with Crippen molar-refractivity contribution in [2.75, 3.05) is 5.32 Å². The lowest BCUT2D eigenvalue weighted by Crippen LogP contribution is -2.00. The normalized spacial score (nSPS) is 10.9. The number of fused-ring (bicyclic) bond motifs is 1. The summed E-state index contributed by atoms with van der Waals surface area (Å²) in [4.78, 5) is 9.06. The first-order valence-corrected chi connectivity index (χ1v) is 8.92. The van der Waals surface area contributed by atoms with Crippen LogP contribution in [0.15, 0.2) is 60.8 Å². The maximum Gasteiger partial charge on any atom is 0.227 e. The summed E-state index contributed by atoms with van der Waals surface area (Å²) >= 11 is 0. The molecule has 0 aliphatic carbocycles. The van der Waals surface area contributed by atoms with Crippen LogP contribution in [-0.4, -0.2) is 15.1 Å². The Labute approximate surface area is 158 Å². The van der Waals surface area contributed by atoms with E-state index in [-0.39, 0.29) is 5.75 Å². The Kier molecular flexibility index (Phi) is 4.24. The minimum atomic E-state index is 0.216. The van der Waals surface area contributed by atoms with E-state index >= 15 is 0 Å². The van der Waals surface area contributed by atoms with Crippen LogP contribution in [0.4, 0.5) is 11.6 Å². The first kappa shape index (κ1) is 17.0. The SMILES string of the molecule is Cc1ccccc1-c1cc2cnc(Nc3c(C)cccc3C)nc2cc1O. The number of nitrogens with zero attached hydrogens (tertiary/aromatic N) is 2. The van der Waals surface area contributed by atoms with Crippen LogP contribution in [-0.2, 0) is 0 Å². The van der Waals surface area contributed by atoms with Crippen LogP contribution in [0.1, 0.15) is 16.7 Å². The zero-order valence-electron chi connectivity index (χ0n) is 15.6. The van der Waals surface area contributed by atoms with E-state index in [1.807, 2.05) is 43.3 Å². The van der Waals surface area contributed by atoms with E-state index < -0.39 is 0 Å². The Balaban J connectivity index is 1.76. The first-order chi connectivity index (χ1) is 13.0. The number of aryl methyl sites for hydroxylation is 3. The van der Waals surface area contributed by atoms with Crippen LogP contribution in [0.3, 0.4) is 0 Å². The third-order valence-electron chi connectivity index (χ3n) is 4.85. The second-order valence-electron chi connectivity index (χ2n) is 6.83. The average Bonchev–Trinajstić information content (AvgIpc) is 2.65. The zero-order chi connectivity index (χ0) is 19.0. The van der Waals surface area contributed by atoms with E-state index in [2.05, 4.69) is 41.3 Å². The van der Waals surface area contributed by atoms with Gasteiger partial charge in [0.15, 0.2) is 0 Å². The van der Waals surface area contributed by atoms with Gasteiger partial charge in [-0.25, -0.2) is 9.97 Å². The van der Waals surface area contributed by atoms with Gasteiger partial charge in [0.05, 0.1) is 5.52 Å². The summed E-state index contributed by atoms with van der Waals surface area (Å²) in [7, 11) is 0. The Bertz CT molecular complexity index is 1130. The highest BCUT2D eigenvalue weighted by Gasteiger charge is 2.11. The molecule has 0 atom stereocenters. The molecule has 0 spiro atoms. The third kappa shape index (κ3) is 3.22. The molecule has 3 aromatic carbocycles. The van der Waals surface area contributed by atoms with Crippen LogP contribution in [0.2, 0.25) is 0 Å². The molecule has 27 heavy (non-hydrogen) atoms. The quantitative estimate of drug-likeness (QED) is 0.497. The molecule has 0 radical (unpaired) electrons. The first-order valence-electron chi connectivity index (χ1n) is 8.92. The van der Waals surface area contributed by atoms with Crippen LogP contribution < -0.4 is 5.32 Å². The number of aromatic nitrogens is 2. The molecule has 2 N–H and O–H groups in total. The lowest BCUT2D eigenvalue weighted by atomic mass is 9.98. The summed E-state index contributed by atoms with van der Waals surface area (Å²) in [5.74, 6) is 0.733. The van der Waals surface area contributed by atoms with Gasteiger partial charge in [-0.2, -0.15) is 0 Å². The van der Waals surface area contributed by atoms with Gasteiger partial charge in [-0.1, -0.05) is 42.5 Å². The van der Waals surface area contributed by atoms with Crippen molar-refractivity contribution in [1.29, 1.82) is 0 Å². The smallest absolute Gasteiger partial charge is 0.227 e. The average molecular weight is 355 g/mol. The molecule has 0 unspecified atom stereocenters. The zero-order valence-corrected chi connectivity index (χ0v) is 15.6. The van der Waals surface area contributed by atoms with Gasteiger partial charge in [0, 0.05) is 28.9 Å². The highest BCUT2D eigenvalue weighted by molar-refractivity contribution is 5.89. The van der Waals surface area contributed by atoms with Gasteiger partial charge in [-0.15, -0.1) is 0 Å². The highest BCUT2D eigenvalue weighted by Crippen LogP contribution is 2.34. The standard InChI is InChI=1S/C23H21N3O/c1-14-7-4-5-10-18(14)19-11-17-13-24-23(25-20(17)12-21(19)27)26-22-15(2)8-6-9-16(22)3/h4-13,27H,1-3H3,(H,24,25,26). The fourth-order valence-corrected chi connectivity index (χ4v) is 3.34. The molecule has 0 bridgehead atoms. The van der Waals surface area contributed by atoms with Crippen molar-refractivity contribution in [2.24, 2.45) is 0 Å². The van der Waals surface area contributed by atoms with Crippen molar-refractivity contribution >= 4 is 22.5 Å². The van der Waals surface area contributed by atoms with E-state index in [0.29, 0.717) is 11.5 Å². The number of phenolic OH excluding ortho intramolecular Hbond substituents is 1. The van der Waals surface area contributed by atoms with E-state index in [9.17, 15) is 5.11 Å². The molecule has 0 fully saturated rings. The summed E-state index contributed by atoms with van der Waals surface area (Å²) in [6.07, 6.45) is 1.79. The van der Waals surface area contributed by atoms with Gasteiger partial charge in [0.25, 0.3) is 0 Å². The number of aromatic hydroxyl groups is 1. The molecule has 0 saturated carbocycles. The van der Waals surface area contributed by atoms with Crippen LogP contribution in [0.25, 0.3) is 22.0 Å². The topological polar surface area (TPSA) is 58.0 Å². The molecule has 1 aromatic heterocycles. The van der Waals surface area contributed by atoms with Crippen LogP contribution in [0, 0.1) is 20.8 Å². The van der Waals surface area contributed by atoms with Crippen molar-refractivity contribution in [3.63, 3.8) is 0 Å². The Hall–Kier alpha value is -3.40. The molecule has 0 aliphatic rings. The van der Waals surface area contributed by atoms with E-state index in [1.165, 1.54) is 0 Å². The second kappa shape index (κ2) is 6.72. The molecule has 1 heterocycles. The molecular formula is C23H21N3O. The Morgan fingerprint density at radius 3 is 2.26 bits per heavy atom. The maximum atomic E-state index is 10.6.